The van der Waals surface area contributed by atoms with Crippen molar-refractivity contribution in [1.29, 1.82) is 0 Å². The third-order valence-corrected chi connectivity index (χ3v) is 1.99. The molecule has 1 atom stereocenters. The summed E-state index contributed by atoms with van der Waals surface area (Å²) < 4.78 is 19.5. The Bertz CT molecular complexity index is 445. The molecule has 0 aliphatic carbocycles. The predicted octanol–water partition coefficient (Wildman–Crippen LogP) is -0.447. The van der Waals surface area contributed by atoms with E-state index in [1.165, 1.54) is 12.7 Å². The van der Waals surface area contributed by atoms with Crippen LogP contribution in [-0.2, 0) is 11.1 Å². The summed E-state index contributed by atoms with van der Waals surface area (Å²) in [6.45, 7) is 0. The molecule has 1 radical (unpaired) electrons. The first-order valence-electron chi connectivity index (χ1n) is 3.04. The molecule has 2 N–H and O–H groups in total. The third kappa shape index (κ3) is 1.94. The van der Waals surface area contributed by atoms with Gasteiger partial charge in [0.2, 0.25) is 11.1 Å². The van der Waals surface area contributed by atoms with Crippen molar-refractivity contribution in [3.8, 4) is 0 Å². The number of aromatic amines is 1. The summed E-state index contributed by atoms with van der Waals surface area (Å²) in [7, 11) is 0. The Morgan fingerprint density at radius 3 is 2.85 bits per heavy atom. The molecule has 0 spiro atoms. The first-order chi connectivity index (χ1) is 5.79. The Balaban J connectivity index is 0.000000845. The van der Waals surface area contributed by atoms with Gasteiger partial charge in [0, 0.05) is 29.6 Å². The smallest absolute Gasteiger partial charge is 0.208 e. The normalized spacial score (nSPS) is 12.4. The monoisotopic (exact) mass is 207 g/mol. The fraction of sp³-hybridized carbons (Fsp3) is 0. The molecule has 0 fully saturated rings. The number of H-pyrrole nitrogens is 1. The molecule has 13 heavy (non-hydrogen) atoms. The largest absolute Gasteiger partial charge is 0.341 e. The van der Waals surface area contributed by atoms with Gasteiger partial charge in [0.05, 0.1) is 6.33 Å². The summed E-state index contributed by atoms with van der Waals surface area (Å²) >= 11 is -2.10. The van der Waals surface area contributed by atoms with Crippen LogP contribution in [0.25, 0.3) is 11.2 Å². The molecule has 0 bridgehead atoms. The molecule has 0 amide bonds. The Kier molecular flexibility index (Phi) is 3.51. The SMILES string of the molecule is O=S(O)c1ncnc2nc[nH]c12.[Na]. The van der Waals surface area contributed by atoms with E-state index in [0.717, 1.165) is 0 Å². The maximum Gasteiger partial charge on any atom is 0.208 e. The minimum absolute atomic E-state index is 0. The van der Waals surface area contributed by atoms with Crippen LogP contribution in [0.3, 0.4) is 0 Å². The molecule has 2 rings (SSSR count). The van der Waals surface area contributed by atoms with E-state index in [1.807, 2.05) is 0 Å². The van der Waals surface area contributed by atoms with Gasteiger partial charge < -0.3 is 9.54 Å². The molecule has 0 aliphatic rings. The minimum Gasteiger partial charge on any atom is -0.341 e. The van der Waals surface area contributed by atoms with Crippen LogP contribution in [0.15, 0.2) is 17.7 Å². The van der Waals surface area contributed by atoms with Crippen LogP contribution in [0.2, 0.25) is 0 Å². The molecule has 2 aromatic rings. The van der Waals surface area contributed by atoms with E-state index in [1.54, 1.807) is 0 Å². The zero-order chi connectivity index (χ0) is 8.55. The van der Waals surface area contributed by atoms with Gasteiger partial charge in [-0.05, 0) is 0 Å². The summed E-state index contributed by atoms with van der Waals surface area (Å²) in [6, 6.07) is 0. The van der Waals surface area contributed by atoms with Crippen LogP contribution in [-0.4, -0.2) is 58.3 Å². The number of imidazole rings is 1. The zero-order valence-corrected chi connectivity index (χ0v) is 9.58. The fourth-order valence-electron chi connectivity index (χ4n) is 0.875. The topological polar surface area (TPSA) is 91.8 Å². The molecule has 2 heterocycles. The van der Waals surface area contributed by atoms with Crippen molar-refractivity contribution in [2.75, 3.05) is 0 Å². The molecule has 0 saturated heterocycles. The van der Waals surface area contributed by atoms with Crippen molar-refractivity contribution in [3.63, 3.8) is 0 Å². The minimum atomic E-state index is -2.10. The summed E-state index contributed by atoms with van der Waals surface area (Å²) in [6.07, 6.45) is 2.60. The van der Waals surface area contributed by atoms with Crippen molar-refractivity contribution in [2.24, 2.45) is 0 Å². The number of nitrogens with zero attached hydrogens (tertiary/aromatic N) is 3. The van der Waals surface area contributed by atoms with Gasteiger partial charge in [0.15, 0.2) is 10.7 Å². The van der Waals surface area contributed by atoms with Crippen molar-refractivity contribution < 1.29 is 8.76 Å². The molecule has 6 nitrogen and oxygen atoms in total. The second-order valence-electron chi connectivity index (χ2n) is 2.03. The molecular formula is C5H4N4NaO2S. The van der Waals surface area contributed by atoms with Crippen LogP contribution in [0.1, 0.15) is 0 Å². The van der Waals surface area contributed by atoms with Gasteiger partial charge in [-0.2, -0.15) is 0 Å². The molecule has 8 heteroatoms. The van der Waals surface area contributed by atoms with E-state index in [9.17, 15) is 4.21 Å². The van der Waals surface area contributed by atoms with E-state index in [4.69, 9.17) is 4.55 Å². The average molecular weight is 207 g/mol. The molecule has 0 saturated carbocycles. The maximum absolute atomic E-state index is 10.7. The van der Waals surface area contributed by atoms with Gasteiger partial charge in [-0.1, -0.05) is 0 Å². The predicted molar refractivity (Wildman–Crippen MR) is 46.5 cm³/mol. The van der Waals surface area contributed by atoms with Gasteiger partial charge in [-0.3, -0.25) is 0 Å². The number of hydrogen-bond acceptors (Lipinski definition) is 4. The zero-order valence-electron chi connectivity index (χ0n) is 6.76. The molecule has 2 aromatic heterocycles. The quantitative estimate of drug-likeness (QED) is 0.375. The van der Waals surface area contributed by atoms with Gasteiger partial charge in [0.25, 0.3) is 0 Å². The molecule has 1 unspecified atom stereocenters. The van der Waals surface area contributed by atoms with Crippen molar-refractivity contribution in [2.45, 2.75) is 5.03 Å². The molecular weight excluding hydrogens is 203 g/mol. The van der Waals surface area contributed by atoms with Gasteiger partial charge >= 0.3 is 0 Å². The van der Waals surface area contributed by atoms with Crippen molar-refractivity contribution >= 4 is 51.8 Å². The summed E-state index contributed by atoms with van der Waals surface area (Å²) in [4.78, 5) is 13.9. The summed E-state index contributed by atoms with van der Waals surface area (Å²) in [5, 5.41) is 0.0532. The van der Waals surface area contributed by atoms with E-state index in [2.05, 4.69) is 19.9 Å². The van der Waals surface area contributed by atoms with Crippen molar-refractivity contribution in [3.05, 3.63) is 12.7 Å². The summed E-state index contributed by atoms with van der Waals surface area (Å²) in [5.74, 6) is 0. The Morgan fingerprint density at radius 1 is 1.38 bits per heavy atom. The van der Waals surface area contributed by atoms with Crippen LogP contribution in [0, 0.1) is 0 Å². The average Bonchev–Trinajstić information content (AvgIpc) is 2.49. The Morgan fingerprint density at radius 2 is 2.15 bits per heavy atom. The molecule has 0 aromatic carbocycles. The second-order valence-corrected chi connectivity index (χ2v) is 2.91. The van der Waals surface area contributed by atoms with E-state index in [0.29, 0.717) is 11.2 Å². The van der Waals surface area contributed by atoms with Crippen molar-refractivity contribution in [1.82, 2.24) is 19.9 Å². The number of nitrogens with one attached hydrogen (secondary N) is 1. The Hall–Kier alpha value is -0.340. The van der Waals surface area contributed by atoms with Crippen LogP contribution >= 0.6 is 0 Å². The first kappa shape index (κ1) is 10.7. The van der Waals surface area contributed by atoms with Gasteiger partial charge in [-0.15, -0.1) is 0 Å². The van der Waals surface area contributed by atoms with E-state index in [-0.39, 0.29) is 34.6 Å². The van der Waals surface area contributed by atoms with E-state index < -0.39 is 11.1 Å². The van der Waals surface area contributed by atoms with Gasteiger partial charge in [-0.25, -0.2) is 19.2 Å². The summed E-state index contributed by atoms with van der Waals surface area (Å²) in [5.41, 5.74) is 0.792. The first-order valence-corrected chi connectivity index (χ1v) is 4.14. The standard InChI is InChI=1S/C5H4N4O2S.Na/c10-12(11)5-3-4(7-1-6-3)8-2-9-5;/h1-2H,(H,10,11)(H,6,7,8,9);. The number of fused-ring (bicyclic) bond motifs is 1. The third-order valence-electron chi connectivity index (χ3n) is 1.35. The maximum atomic E-state index is 10.7. The molecule has 63 valence electrons. The number of rotatable bonds is 1. The Labute approximate surface area is 97.8 Å². The second kappa shape index (κ2) is 4.25. The van der Waals surface area contributed by atoms with Crippen LogP contribution in [0.4, 0.5) is 0 Å². The van der Waals surface area contributed by atoms with Crippen LogP contribution in [0.5, 0.6) is 0 Å². The molecule has 0 aliphatic heterocycles. The number of hydrogen-bond donors (Lipinski definition) is 2. The van der Waals surface area contributed by atoms with Gasteiger partial charge in [0.1, 0.15) is 11.8 Å². The number of aromatic nitrogens is 4. The fourth-order valence-corrected chi connectivity index (χ4v) is 1.34. The van der Waals surface area contributed by atoms with E-state index >= 15 is 0 Å². The van der Waals surface area contributed by atoms with Crippen LogP contribution < -0.4 is 0 Å².